The van der Waals surface area contributed by atoms with E-state index in [0.29, 0.717) is 12.2 Å². The van der Waals surface area contributed by atoms with Gasteiger partial charge in [0, 0.05) is 29.2 Å². The minimum Gasteiger partial charge on any atom is -0.370 e. The number of Topliss-reactive ketones (excluding diaryl/α,β-unsaturated/α-hetero) is 1. The number of rotatable bonds is 9. The zero-order valence-corrected chi connectivity index (χ0v) is 18.0. The summed E-state index contributed by atoms with van der Waals surface area (Å²) < 4.78 is 0. The molecule has 6 nitrogen and oxygen atoms in total. The number of ketones is 1. The first-order valence-corrected chi connectivity index (χ1v) is 11.1. The van der Waals surface area contributed by atoms with Gasteiger partial charge in [0.25, 0.3) is 0 Å². The van der Waals surface area contributed by atoms with Gasteiger partial charge in [0.15, 0.2) is 17.6 Å². The van der Waals surface area contributed by atoms with E-state index in [0.717, 1.165) is 53.4 Å². The molecule has 0 radical (unpaired) electrons. The number of guanidine groups is 1. The predicted octanol–water partition coefficient (Wildman–Crippen LogP) is 3.93. The van der Waals surface area contributed by atoms with E-state index in [-0.39, 0.29) is 11.7 Å². The highest BCUT2D eigenvalue weighted by Crippen LogP contribution is 2.23. The van der Waals surface area contributed by atoms with Crippen molar-refractivity contribution in [2.75, 3.05) is 5.75 Å². The number of benzene rings is 1. The maximum absolute atomic E-state index is 12.6. The lowest BCUT2D eigenvalue weighted by molar-refractivity contribution is -0.114. The lowest BCUT2D eigenvalue weighted by Crippen LogP contribution is -2.22. The topological polar surface area (TPSA) is 107 Å². The number of carbonyl (C=O) groups excluding carboxylic acids is 1. The van der Waals surface area contributed by atoms with Crippen molar-refractivity contribution in [1.29, 1.82) is 0 Å². The number of nitrogens with two attached hydrogens (primary N) is 2. The fourth-order valence-electron chi connectivity index (χ4n) is 3.33. The van der Waals surface area contributed by atoms with Crippen LogP contribution in [0.4, 0.5) is 5.82 Å². The van der Waals surface area contributed by atoms with Crippen LogP contribution in [0, 0.1) is 0 Å². The number of hydrogen-bond acceptors (Lipinski definition) is 5. The highest BCUT2D eigenvalue weighted by molar-refractivity contribution is 7.98. The second-order valence-corrected chi connectivity index (χ2v) is 8.26. The number of allylic oxidation sites excluding steroid dienone is 2. The van der Waals surface area contributed by atoms with Crippen LogP contribution in [0.3, 0.4) is 0 Å². The van der Waals surface area contributed by atoms with Gasteiger partial charge in [0.2, 0.25) is 0 Å². The molecule has 1 aromatic carbocycles. The molecule has 3 rings (SSSR count). The number of pyridine rings is 1. The molecule has 1 aliphatic heterocycles. The fourth-order valence-corrected chi connectivity index (χ4v) is 4.22. The second-order valence-electron chi connectivity index (χ2n) is 7.15. The van der Waals surface area contributed by atoms with Crippen LogP contribution >= 0.6 is 11.8 Å². The molecule has 30 heavy (non-hydrogen) atoms. The van der Waals surface area contributed by atoms with Gasteiger partial charge in [-0.05, 0) is 49.6 Å². The van der Waals surface area contributed by atoms with Crippen LogP contribution < -0.4 is 11.5 Å². The number of aromatic nitrogens is 1. The van der Waals surface area contributed by atoms with Crippen molar-refractivity contribution in [3.63, 3.8) is 0 Å². The minimum absolute atomic E-state index is 0.00107. The van der Waals surface area contributed by atoms with Gasteiger partial charge in [-0.25, -0.2) is 4.98 Å². The van der Waals surface area contributed by atoms with E-state index in [1.54, 1.807) is 17.8 Å². The summed E-state index contributed by atoms with van der Waals surface area (Å²) in [4.78, 5) is 25.7. The third-order valence-corrected chi connectivity index (χ3v) is 5.78. The van der Waals surface area contributed by atoms with Crippen molar-refractivity contribution in [2.45, 2.75) is 38.4 Å². The molecule has 0 aliphatic carbocycles. The maximum Gasteiger partial charge on any atom is 0.192 e. The smallest absolute Gasteiger partial charge is 0.192 e. The van der Waals surface area contributed by atoms with E-state index in [2.05, 4.69) is 22.1 Å². The maximum atomic E-state index is 12.6. The van der Waals surface area contributed by atoms with Gasteiger partial charge in [-0.15, -0.1) is 0 Å². The monoisotopic (exact) mass is 421 g/mol. The molecule has 0 amide bonds. The Morgan fingerprint density at radius 3 is 2.60 bits per heavy atom. The molecule has 4 N–H and O–H groups in total. The van der Waals surface area contributed by atoms with Gasteiger partial charge >= 0.3 is 0 Å². The molecule has 1 aromatic heterocycles. The van der Waals surface area contributed by atoms with E-state index in [4.69, 9.17) is 16.5 Å². The molecule has 1 aliphatic rings. The molecular formula is C23H27N5OS. The Morgan fingerprint density at radius 1 is 1.07 bits per heavy atom. The van der Waals surface area contributed by atoms with Crippen LogP contribution in [-0.4, -0.2) is 28.2 Å². The molecule has 0 fully saturated rings. The molecule has 0 spiro atoms. The molecule has 156 valence electrons. The number of thioether (sulfide) groups is 1. The summed E-state index contributed by atoms with van der Waals surface area (Å²) in [5, 5.41) is 0. The van der Waals surface area contributed by atoms with Crippen molar-refractivity contribution >= 4 is 35.0 Å². The summed E-state index contributed by atoms with van der Waals surface area (Å²) in [5.74, 6) is 2.36. The Bertz CT molecular complexity index is 978. The molecular weight excluding hydrogens is 394 g/mol. The van der Waals surface area contributed by atoms with Crippen molar-refractivity contribution in [2.24, 2.45) is 21.5 Å². The van der Waals surface area contributed by atoms with Gasteiger partial charge in [-0.2, -0.15) is 16.8 Å². The standard InChI is InChI=1S/C23H27N5OS/c1-16-20(11-10-17-6-3-2-4-7-17)21(29)14-18(26-16)12-13-30-15-19-8-5-9-22(27-19)28-23(24)25/h2-9H,10-15H2,1H3,(H4,24,25,27,28). The highest BCUT2D eigenvalue weighted by atomic mass is 32.2. The quantitative estimate of drug-likeness (QED) is 0.362. The van der Waals surface area contributed by atoms with Gasteiger partial charge in [-0.1, -0.05) is 36.4 Å². The Balaban J connectivity index is 1.50. The average Bonchev–Trinajstić information content (AvgIpc) is 2.71. The minimum atomic E-state index is -0.00107. The number of carbonyl (C=O) groups is 1. The lowest BCUT2D eigenvalue weighted by atomic mass is 9.94. The zero-order valence-electron chi connectivity index (χ0n) is 17.2. The average molecular weight is 422 g/mol. The van der Waals surface area contributed by atoms with Gasteiger partial charge in [-0.3, -0.25) is 9.79 Å². The van der Waals surface area contributed by atoms with E-state index >= 15 is 0 Å². The first kappa shape index (κ1) is 21.8. The summed E-state index contributed by atoms with van der Waals surface area (Å²) in [6.07, 6.45) is 2.84. The largest absolute Gasteiger partial charge is 0.370 e. The molecule has 0 atom stereocenters. The third-order valence-electron chi connectivity index (χ3n) is 4.79. The number of aryl methyl sites for hydroxylation is 1. The van der Waals surface area contributed by atoms with Crippen LogP contribution in [-0.2, 0) is 17.0 Å². The van der Waals surface area contributed by atoms with E-state index in [1.165, 1.54) is 5.56 Å². The molecule has 0 saturated heterocycles. The Labute approximate surface area is 181 Å². The fraction of sp³-hybridized carbons (Fsp3) is 0.304. The summed E-state index contributed by atoms with van der Waals surface area (Å²) in [6, 6.07) is 15.9. The number of aliphatic imine (C=N–C) groups is 2. The van der Waals surface area contributed by atoms with E-state index < -0.39 is 0 Å². The van der Waals surface area contributed by atoms with Gasteiger partial charge in [0.1, 0.15) is 0 Å². The van der Waals surface area contributed by atoms with Crippen molar-refractivity contribution < 1.29 is 4.79 Å². The van der Waals surface area contributed by atoms with Crippen molar-refractivity contribution in [3.05, 3.63) is 71.1 Å². The first-order valence-electron chi connectivity index (χ1n) is 9.98. The molecule has 0 saturated carbocycles. The summed E-state index contributed by atoms with van der Waals surface area (Å²) in [6.45, 7) is 1.95. The number of nitrogens with zero attached hydrogens (tertiary/aromatic N) is 3. The SMILES string of the molecule is CC1=C(CCc2ccccc2)C(=O)CC(CCSCc2cccc(N=C(N)N)n2)=N1. The number of hydrogen-bond donors (Lipinski definition) is 2. The van der Waals surface area contributed by atoms with Crippen LogP contribution in [0.1, 0.15) is 37.4 Å². The molecule has 2 aromatic rings. The summed E-state index contributed by atoms with van der Waals surface area (Å²) >= 11 is 1.76. The Hall–Kier alpha value is -2.93. The molecule has 0 unspecified atom stereocenters. The van der Waals surface area contributed by atoms with Crippen molar-refractivity contribution in [1.82, 2.24) is 4.98 Å². The van der Waals surface area contributed by atoms with Crippen LogP contribution in [0.5, 0.6) is 0 Å². The normalized spacial score (nSPS) is 13.9. The van der Waals surface area contributed by atoms with Gasteiger partial charge < -0.3 is 11.5 Å². The third kappa shape index (κ3) is 6.56. The predicted molar refractivity (Wildman–Crippen MR) is 125 cm³/mol. The van der Waals surface area contributed by atoms with Crippen molar-refractivity contribution in [3.8, 4) is 0 Å². The van der Waals surface area contributed by atoms with E-state index in [9.17, 15) is 4.79 Å². The van der Waals surface area contributed by atoms with Crippen LogP contribution in [0.25, 0.3) is 0 Å². The summed E-state index contributed by atoms with van der Waals surface area (Å²) in [5.41, 5.74) is 15.7. The Morgan fingerprint density at radius 2 is 1.87 bits per heavy atom. The molecule has 2 heterocycles. The van der Waals surface area contributed by atoms with E-state index in [1.807, 2.05) is 37.3 Å². The molecule has 7 heteroatoms. The van der Waals surface area contributed by atoms with Crippen LogP contribution in [0.15, 0.2) is 69.8 Å². The molecule has 0 bridgehead atoms. The summed E-state index contributed by atoms with van der Waals surface area (Å²) in [7, 11) is 0. The Kier molecular flexibility index (Phi) is 7.79. The zero-order chi connectivity index (χ0) is 21.3. The first-order chi connectivity index (χ1) is 14.5. The van der Waals surface area contributed by atoms with Crippen LogP contribution in [0.2, 0.25) is 0 Å². The highest BCUT2D eigenvalue weighted by Gasteiger charge is 2.20. The second kappa shape index (κ2) is 10.7. The van der Waals surface area contributed by atoms with Gasteiger partial charge in [0.05, 0.1) is 5.69 Å². The lowest BCUT2D eigenvalue weighted by Gasteiger charge is -2.16.